The van der Waals surface area contributed by atoms with E-state index in [2.05, 4.69) is 25.4 Å². The Bertz CT molecular complexity index is 1450. The van der Waals surface area contributed by atoms with Crippen molar-refractivity contribution in [3.05, 3.63) is 71.2 Å². The van der Waals surface area contributed by atoms with Gasteiger partial charge in [-0.05, 0) is 52.0 Å². The average Bonchev–Trinajstić information content (AvgIpc) is 3.54. The second-order valence-electron chi connectivity index (χ2n) is 7.96. The minimum absolute atomic E-state index is 0.304. The van der Waals surface area contributed by atoms with Crippen molar-refractivity contribution in [2.24, 2.45) is 0 Å². The number of ether oxygens (including phenoxy) is 1. The third kappa shape index (κ3) is 4.19. The van der Waals surface area contributed by atoms with E-state index >= 15 is 0 Å². The molecular formula is C25H24N6O3. The predicted octanol–water partition coefficient (Wildman–Crippen LogP) is 5.02. The van der Waals surface area contributed by atoms with Crippen LogP contribution in [0.5, 0.6) is 5.75 Å². The van der Waals surface area contributed by atoms with Crippen molar-refractivity contribution in [2.45, 2.75) is 34.2 Å². The highest BCUT2D eigenvalue weighted by molar-refractivity contribution is 5.60. The molecule has 0 amide bonds. The van der Waals surface area contributed by atoms with Crippen molar-refractivity contribution in [3.63, 3.8) is 0 Å². The van der Waals surface area contributed by atoms with Crippen LogP contribution in [0.15, 0.2) is 57.5 Å². The zero-order valence-corrected chi connectivity index (χ0v) is 19.4. The number of rotatable bonds is 7. The van der Waals surface area contributed by atoms with E-state index in [-0.39, 0.29) is 0 Å². The zero-order valence-electron chi connectivity index (χ0n) is 19.4. The quantitative estimate of drug-likeness (QED) is 0.336. The van der Waals surface area contributed by atoms with E-state index in [1.165, 1.54) is 0 Å². The molecule has 0 radical (unpaired) electrons. The van der Waals surface area contributed by atoms with E-state index in [0.717, 1.165) is 39.6 Å². The SMILES string of the molecule is CCOc1cccc(-c2noc(-c3nnn(Cc4nc(-c5cccc(C)c5)oc4C)c3C)n2)c1. The topological polar surface area (TPSA) is 105 Å². The van der Waals surface area contributed by atoms with Crippen molar-refractivity contribution < 1.29 is 13.7 Å². The molecule has 3 aromatic heterocycles. The minimum atomic E-state index is 0.304. The maximum Gasteiger partial charge on any atom is 0.280 e. The van der Waals surface area contributed by atoms with Crippen LogP contribution < -0.4 is 4.74 Å². The molecule has 5 aromatic rings. The predicted molar refractivity (Wildman–Crippen MR) is 125 cm³/mol. The molecule has 0 bridgehead atoms. The van der Waals surface area contributed by atoms with E-state index in [1.807, 2.05) is 76.2 Å². The first kappa shape index (κ1) is 21.6. The molecule has 0 aliphatic heterocycles. The first-order valence-electron chi connectivity index (χ1n) is 11.0. The summed E-state index contributed by atoms with van der Waals surface area (Å²) in [6, 6.07) is 15.6. The van der Waals surface area contributed by atoms with Crippen LogP contribution >= 0.6 is 0 Å². The summed E-state index contributed by atoms with van der Waals surface area (Å²) >= 11 is 0. The lowest BCUT2D eigenvalue weighted by atomic mass is 10.1. The summed E-state index contributed by atoms with van der Waals surface area (Å²) in [6.45, 7) is 8.79. The molecule has 9 heteroatoms. The molecule has 172 valence electrons. The molecular weight excluding hydrogens is 432 g/mol. The highest BCUT2D eigenvalue weighted by Crippen LogP contribution is 2.27. The number of benzene rings is 2. The second-order valence-corrected chi connectivity index (χ2v) is 7.96. The molecule has 2 aromatic carbocycles. The summed E-state index contributed by atoms with van der Waals surface area (Å²) in [5, 5.41) is 12.7. The third-order valence-corrected chi connectivity index (χ3v) is 5.47. The smallest absolute Gasteiger partial charge is 0.280 e. The van der Waals surface area contributed by atoms with E-state index in [1.54, 1.807) is 4.68 Å². The number of nitrogens with zero attached hydrogens (tertiary/aromatic N) is 6. The van der Waals surface area contributed by atoms with E-state index < -0.39 is 0 Å². The van der Waals surface area contributed by atoms with Crippen LogP contribution in [0.1, 0.15) is 29.6 Å². The van der Waals surface area contributed by atoms with Crippen molar-refractivity contribution in [1.29, 1.82) is 0 Å². The Labute approximate surface area is 196 Å². The van der Waals surface area contributed by atoms with Gasteiger partial charge in [0.05, 0.1) is 18.8 Å². The number of hydrogen-bond donors (Lipinski definition) is 0. The summed E-state index contributed by atoms with van der Waals surface area (Å²) in [6.07, 6.45) is 0. The van der Waals surface area contributed by atoms with Crippen molar-refractivity contribution in [2.75, 3.05) is 6.61 Å². The number of hydrogen-bond acceptors (Lipinski definition) is 8. The molecule has 0 spiro atoms. The second kappa shape index (κ2) is 8.93. The Hall–Kier alpha value is -4.27. The van der Waals surface area contributed by atoms with Gasteiger partial charge in [0, 0.05) is 11.1 Å². The first-order chi connectivity index (χ1) is 16.5. The molecule has 9 nitrogen and oxygen atoms in total. The van der Waals surface area contributed by atoms with Crippen LogP contribution in [-0.2, 0) is 6.54 Å². The minimum Gasteiger partial charge on any atom is -0.494 e. The summed E-state index contributed by atoms with van der Waals surface area (Å²) in [4.78, 5) is 9.21. The van der Waals surface area contributed by atoms with Crippen LogP contribution in [0, 0.1) is 20.8 Å². The normalized spacial score (nSPS) is 11.2. The molecule has 34 heavy (non-hydrogen) atoms. The maximum absolute atomic E-state index is 5.91. The number of oxazole rings is 1. The fraction of sp³-hybridized carbons (Fsp3) is 0.240. The number of aromatic nitrogens is 6. The summed E-state index contributed by atoms with van der Waals surface area (Å²) in [5.74, 6) is 2.84. The fourth-order valence-electron chi connectivity index (χ4n) is 3.65. The monoisotopic (exact) mass is 456 g/mol. The van der Waals surface area contributed by atoms with Gasteiger partial charge in [0.15, 0.2) is 5.69 Å². The first-order valence-corrected chi connectivity index (χ1v) is 11.0. The highest BCUT2D eigenvalue weighted by atomic mass is 16.5. The van der Waals surface area contributed by atoms with Crippen LogP contribution in [-0.4, -0.2) is 36.7 Å². The molecule has 3 heterocycles. The Morgan fingerprint density at radius 2 is 1.76 bits per heavy atom. The van der Waals surface area contributed by atoms with Crippen molar-refractivity contribution in [3.8, 4) is 40.2 Å². The molecule has 0 aliphatic carbocycles. The molecule has 0 saturated carbocycles. The van der Waals surface area contributed by atoms with Gasteiger partial charge in [-0.25, -0.2) is 9.67 Å². The molecule has 0 atom stereocenters. The van der Waals surface area contributed by atoms with Crippen molar-refractivity contribution >= 4 is 0 Å². The van der Waals surface area contributed by atoms with Crippen LogP contribution in [0.4, 0.5) is 0 Å². The standard InChI is InChI=1S/C25H24N6O3/c1-5-32-20-11-7-9-18(13-20)23-27-25(34-29-23)22-16(3)31(30-28-22)14-21-17(4)33-24(26-21)19-10-6-8-15(2)12-19/h6-13H,5,14H2,1-4H3. The average molecular weight is 457 g/mol. The summed E-state index contributed by atoms with van der Waals surface area (Å²) in [5.41, 5.74) is 4.99. The van der Waals surface area contributed by atoms with E-state index in [0.29, 0.717) is 36.5 Å². The van der Waals surface area contributed by atoms with Gasteiger partial charge < -0.3 is 13.7 Å². The largest absolute Gasteiger partial charge is 0.494 e. The van der Waals surface area contributed by atoms with Gasteiger partial charge in [-0.15, -0.1) is 5.10 Å². The molecule has 5 rings (SSSR count). The lowest BCUT2D eigenvalue weighted by Crippen LogP contribution is -2.05. The lowest BCUT2D eigenvalue weighted by molar-refractivity contribution is 0.340. The van der Waals surface area contributed by atoms with Crippen LogP contribution in [0.3, 0.4) is 0 Å². The van der Waals surface area contributed by atoms with Gasteiger partial charge in [0.2, 0.25) is 11.7 Å². The molecule has 0 N–H and O–H groups in total. The molecule has 0 unspecified atom stereocenters. The Morgan fingerprint density at radius 3 is 2.59 bits per heavy atom. The van der Waals surface area contributed by atoms with Gasteiger partial charge in [-0.2, -0.15) is 4.98 Å². The van der Waals surface area contributed by atoms with Crippen LogP contribution in [0.2, 0.25) is 0 Å². The van der Waals surface area contributed by atoms with Gasteiger partial charge in [0.1, 0.15) is 17.2 Å². The van der Waals surface area contributed by atoms with Gasteiger partial charge in [-0.3, -0.25) is 0 Å². The number of aryl methyl sites for hydroxylation is 2. The summed E-state index contributed by atoms with van der Waals surface area (Å²) in [7, 11) is 0. The Kier molecular flexibility index (Phi) is 5.67. The van der Waals surface area contributed by atoms with Gasteiger partial charge in [0.25, 0.3) is 5.89 Å². The van der Waals surface area contributed by atoms with E-state index in [9.17, 15) is 0 Å². The maximum atomic E-state index is 5.91. The molecule has 0 fully saturated rings. The Morgan fingerprint density at radius 1 is 0.941 bits per heavy atom. The van der Waals surface area contributed by atoms with Crippen LogP contribution in [0.25, 0.3) is 34.4 Å². The fourth-order valence-corrected chi connectivity index (χ4v) is 3.65. The van der Waals surface area contributed by atoms with Gasteiger partial charge >= 0.3 is 0 Å². The zero-order chi connectivity index (χ0) is 23.7. The third-order valence-electron chi connectivity index (χ3n) is 5.47. The van der Waals surface area contributed by atoms with Crippen molar-refractivity contribution in [1.82, 2.24) is 30.1 Å². The summed E-state index contributed by atoms with van der Waals surface area (Å²) < 4.78 is 18.7. The molecule has 0 saturated heterocycles. The molecule has 0 aliphatic rings. The lowest BCUT2D eigenvalue weighted by Gasteiger charge is -2.02. The Balaban J connectivity index is 1.38. The highest BCUT2D eigenvalue weighted by Gasteiger charge is 2.20. The van der Waals surface area contributed by atoms with E-state index in [4.69, 9.17) is 13.7 Å². The van der Waals surface area contributed by atoms with Gasteiger partial charge in [-0.1, -0.05) is 40.2 Å².